The molecule has 0 amide bonds. The van der Waals surface area contributed by atoms with Crippen molar-refractivity contribution < 1.29 is 9.90 Å². The fraction of sp³-hybridized carbons (Fsp3) is 0.533. The molecule has 1 atom stereocenters. The Labute approximate surface area is 120 Å². The Morgan fingerprint density at radius 2 is 1.89 bits per heavy atom. The largest absolute Gasteiger partial charge is 0.390 e. The van der Waals surface area contributed by atoms with Crippen molar-refractivity contribution in [3.05, 3.63) is 34.9 Å². The van der Waals surface area contributed by atoms with Crippen LogP contribution in [-0.4, -0.2) is 41.5 Å². The highest BCUT2D eigenvalue weighted by molar-refractivity contribution is 6.30. The molecule has 3 nitrogen and oxygen atoms in total. The topological polar surface area (TPSA) is 40.5 Å². The highest BCUT2D eigenvalue weighted by atomic mass is 35.5. The summed E-state index contributed by atoms with van der Waals surface area (Å²) in [6, 6.07) is 7.39. The fourth-order valence-electron chi connectivity index (χ4n) is 2.11. The normalized spacial score (nSPS) is 17.1. The van der Waals surface area contributed by atoms with Gasteiger partial charge in [0.15, 0.2) is 0 Å². The monoisotopic (exact) mass is 283 g/mol. The number of benzene rings is 1. The molecule has 1 N–H and O–H groups in total. The number of halogens is 1. The minimum Gasteiger partial charge on any atom is -0.390 e. The average Bonchev–Trinajstić information content (AvgIpc) is 2.37. The highest BCUT2D eigenvalue weighted by Gasteiger charge is 2.28. The molecule has 0 aliphatic carbocycles. The predicted molar refractivity (Wildman–Crippen MR) is 78.7 cm³/mol. The number of β-amino-alcohol motifs (C(OH)–C–C–N with tert-alkyl or cyclic N) is 1. The summed E-state index contributed by atoms with van der Waals surface area (Å²) in [5, 5.41) is 9.91. The van der Waals surface area contributed by atoms with Crippen LogP contribution in [0.5, 0.6) is 0 Å². The zero-order valence-electron chi connectivity index (χ0n) is 11.8. The second kappa shape index (κ2) is 7.63. The lowest BCUT2D eigenvalue weighted by molar-refractivity contribution is -0.119. The maximum atomic E-state index is 11.7. The predicted octanol–water partition coefficient (Wildman–Crippen LogP) is 2.72. The minimum atomic E-state index is -0.229. The third-order valence-electron chi connectivity index (χ3n) is 3.14. The molecule has 0 radical (unpaired) electrons. The van der Waals surface area contributed by atoms with Crippen molar-refractivity contribution in [1.82, 2.24) is 4.90 Å². The van der Waals surface area contributed by atoms with Crippen molar-refractivity contribution in [2.24, 2.45) is 0 Å². The molecule has 0 bridgehead atoms. The Balaban J connectivity index is 0.000000861. The number of nitrogens with zero attached hydrogens (tertiary/aromatic N) is 1. The van der Waals surface area contributed by atoms with E-state index in [0.29, 0.717) is 24.7 Å². The fourth-order valence-corrected chi connectivity index (χ4v) is 2.24. The van der Waals surface area contributed by atoms with Gasteiger partial charge in [-0.2, -0.15) is 0 Å². The van der Waals surface area contributed by atoms with Crippen LogP contribution in [0.2, 0.25) is 5.02 Å². The number of carbonyl (C=O) groups is 1. The summed E-state index contributed by atoms with van der Waals surface area (Å²) in [4.78, 5) is 13.8. The first-order valence-corrected chi connectivity index (χ1v) is 7.10. The van der Waals surface area contributed by atoms with Crippen LogP contribution in [0.25, 0.3) is 0 Å². The molecule has 1 heterocycles. The number of hydrogen-bond donors (Lipinski definition) is 1. The molecular formula is C15H22ClNO2. The summed E-state index contributed by atoms with van der Waals surface area (Å²) in [6.45, 7) is 7.61. The summed E-state index contributed by atoms with van der Waals surface area (Å²) < 4.78 is 0. The van der Waals surface area contributed by atoms with Gasteiger partial charge in [0.05, 0.1) is 12.0 Å². The van der Waals surface area contributed by atoms with Crippen LogP contribution in [0.4, 0.5) is 0 Å². The van der Waals surface area contributed by atoms with E-state index in [1.165, 1.54) is 0 Å². The van der Waals surface area contributed by atoms with Crippen molar-refractivity contribution >= 4 is 17.4 Å². The van der Waals surface area contributed by atoms with Gasteiger partial charge in [-0.15, -0.1) is 0 Å². The zero-order chi connectivity index (χ0) is 14.4. The molecule has 0 spiro atoms. The van der Waals surface area contributed by atoms with Crippen LogP contribution in [0, 0.1) is 0 Å². The van der Waals surface area contributed by atoms with Crippen LogP contribution >= 0.6 is 11.6 Å². The number of Topliss-reactive ketones (excluding diaryl/α,β-unsaturated/α-hetero) is 1. The molecular weight excluding hydrogens is 262 g/mol. The average molecular weight is 284 g/mol. The Bertz CT molecular complexity index is 399. The number of aliphatic hydroxyl groups excluding tert-OH is 1. The lowest BCUT2D eigenvalue weighted by atomic mass is 9.93. The molecule has 1 fully saturated rings. The zero-order valence-corrected chi connectivity index (χ0v) is 12.5. The first-order valence-electron chi connectivity index (χ1n) is 6.72. The first-order chi connectivity index (χ1) is 9.06. The second-order valence-corrected chi connectivity index (χ2v) is 5.02. The van der Waals surface area contributed by atoms with Crippen LogP contribution in [0.3, 0.4) is 0 Å². The van der Waals surface area contributed by atoms with E-state index in [4.69, 9.17) is 11.6 Å². The summed E-state index contributed by atoms with van der Waals surface area (Å²) >= 11 is 5.83. The first kappa shape index (κ1) is 16.2. The van der Waals surface area contributed by atoms with Crippen LogP contribution in [-0.2, 0) is 4.79 Å². The van der Waals surface area contributed by atoms with Crippen molar-refractivity contribution in [1.29, 1.82) is 0 Å². The number of ketones is 1. The molecule has 1 aliphatic heterocycles. The van der Waals surface area contributed by atoms with Gasteiger partial charge in [-0.05, 0) is 24.6 Å². The maximum absolute atomic E-state index is 11.7. The van der Waals surface area contributed by atoms with E-state index >= 15 is 0 Å². The number of carbonyl (C=O) groups excluding carboxylic acids is 1. The quantitative estimate of drug-likeness (QED) is 0.924. The van der Waals surface area contributed by atoms with E-state index in [2.05, 4.69) is 4.90 Å². The third kappa shape index (κ3) is 4.60. The minimum absolute atomic E-state index is 0.125. The molecule has 106 valence electrons. The highest BCUT2D eigenvalue weighted by Crippen LogP contribution is 2.22. The summed E-state index contributed by atoms with van der Waals surface area (Å²) in [7, 11) is 0. The molecule has 1 aliphatic rings. The second-order valence-electron chi connectivity index (χ2n) is 4.59. The molecule has 0 aromatic heterocycles. The van der Waals surface area contributed by atoms with Gasteiger partial charge in [-0.3, -0.25) is 9.69 Å². The van der Waals surface area contributed by atoms with Crippen LogP contribution in [0.1, 0.15) is 32.3 Å². The Kier molecular flexibility index (Phi) is 6.49. The van der Waals surface area contributed by atoms with E-state index < -0.39 is 0 Å². The molecule has 1 aromatic rings. The number of likely N-dealkylation sites (tertiary alicyclic amines) is 1. The molecule has 4 heteroatoms. The Morgan fingerprint density at radius 3 is 2.32 bits per heavy atom. The van der Waals surface area contributed by atoms with Gasteiger partial charge in [-0.1, -0.05) is 37.6 Å². The molecule has 1 saturated heterocycles. The molecule has 2 rings (SSSR count). The summed E-state index contributed by atoms with van der Waals surface area (Å²) in [5.74, 6) is 0.0217. The molecule has 19 heavy (non-hydrogen) atoms. The SMILES string of the molecule is CC.CC(=O)C(CN1CC(O)C1)c1ccc(Cl)cc1. The van der Waals surface area contributed by atoms with E-state index in [9.17, 15) is 9.90 Å². The van der Waals surface area contributed by atoms with E-state index in [0.717, 1.165) is 5.56 Å². The van der Waals surface area contributed by atoms with Crippen LogP contribution < -0.4 is 0 Å². The van der Waals surface area contributed by atoms with Gasteiger partial charge in [0.25, 0.3) is 0 Å². The summed E-state index contributed by atoms with van der Waals surface area (Å²) in [6.07, 6.45) is -0.229. The third-order valence-corrected chi connectivity index (χ3v) is 3.39. The van der Waals surface area contributed by atoms with Gasteiger partial charge < -0.3 is 5.11 Å². The van der Waals surface area contributed by atoms with Crippen LogP contribution in [0.15, 0.2) is 24.3 Å². The maximum Gasteiger partial charge on any atom is 0.138 e. The smallest absolute Gasteiger partial charge is 0.138 e. The Morgan fingerprint density at radius 1 is 1.37 bits per heavy atom. The van der Waals surface area contributed by atoms with Crippen molar-refractivity contribution in [3.8, 4) is 0 Å². The lowest BCUT2D eigenvalue weighted by Gasteiger charge is -2.37. The van der Waals surface area contributed by atoms with E-state index in [-0.39, 0.29) is 17.8 Å². The molecule has 1 unspecified atom stereocenters. The van der Waals surface area contributed by atoms with Gasteiger partial charge in [0, 0.05) is 24.7 Å². The van der Waals surface area contributed by atoms with Crippen molar-refractivity contribution in [2.75, 3.05) is 19.6 Å². The number of aliphatic hydroxyl groups is 1. The summed E-state index contributed by atoms with van der Waals surface area (Å²) in [5.41, 5.74) is 0.989. The standard InChI is InChI=1S/C13H16ClNO2.C2H6/c1-9(16)13(8-15-6-12(17)7-15)10-2-4-11(14)5-3-10;1-2/h2-5,12-13,17H,6-8H2,1H3;1-2H3. The molecule has 1 aromatic carbocycles. The van der Waals surface area contributed by atoms with Gasteiger partial charge in [0.2, 0.25) is 0 Å². The van der Waals surface area contributed by atoms with E-state index in [1.54, 1.807) is 19.1 Å². The molecule has 0 saturated carbocycles. The van der Waals surface area contributed by atoms with Gasteiger partial charge in [0.1, 0.15) is 5.78 Å². The Hall–Kier alpha value is -0.900. The van der Waals surface area contributed by atoms with Crippen molar-refractivity contribution in [2.45, 2.75) is 32.8 Å². The van der Waals surface area contributed by atoms with E-state index in [1.807, 2.05) is 26.0 Å². The number of hydrogen-bond acceptors (Lipinski definition) is 3. The van der Waals surface area contributed by atoms with Crippen molar-refractivity contribution in [3.63, 3.8) is 0 Å². The number of rotatable bonds is 4. The lowest BCUT2D eigenvalue weighted by Crippen LogP contribution is -2.52. The van der Waals surface area contributed by atoms with Gasteiger partial charge >= 0.3 is 0 Å². The van der Waals surface area contributed by atoms with Gasteiger partial charge in [-0.25, -0.2) is 0 Å².